The third-order valence-corrected chi connectivity index (χ3v) is 4.43. The second kappa shape index (κ2) is 10.7. The second-order valence-electron chi connectivity index (χ2n) is 6.78. The summed E-state index contributed by atoms with van der Waals surface area (Å²) >= 11 is 16.7. The van der Waals surface area contributed by atoms with Crippen LogP contribution in [0.5, 0.6) is 0 Å². The van der Waals surface area contributed by atoms with Crippen LogP contribution in [0.1, 0.15) is 33.6 Å². The summed E-state index contributed by atoms with van der Waals surface area (Å²) < 4.78 is 3.26. The van der Waals surface area contributed by atoms with Crippen LogP contribution in [0.4, 0.5) is 0 Å². The van der Waals surface area contributed by atoms with Crippen molar-refractivity contribution in [2.75, 3.05) is 20.2 Å². The monoisotopic (exact) mass is 444 g/mol. The molecule has 1 fully saturated rings. The highest BCUT2D eigenvalue weighted by molar-refractivity contribution is 6.67. The van der Waals surface area contributed by atoms with E-state index in [-0.39, 0.29) is 24.3 Å². The maximum Gasteiger partial charge on any atom is 0.325 e. The molecule has 0 bridgehead atoms. The van der Waals surface area contributed by atoms with Crippen molar-refractivity contribution in [3.8, 4) is 0 Å². The number of rotatable bonds is 7. The highest BCUT2D eigenvalue weighted by atomic mass is 35.6. The number of hydrogen-bond donors (Lipinski definition) is 3. The van der Waals surface area contributed by atoms with Gasteiger partial charge in [-0.05, 0) is 32.7 Å². The van der Waals surface area contributed by atoms with Crippen LogP contribution in [0, 0.1) is 5.92 Å². The van der Waals surface area contributed by atoms with Gasteiger partial charge in [0, 0.05) is 6.54 Å². The molecule has 27 heavy (non-hydrogen) atoms. The molecule has 1 saturated heterocycles. The van der Waals surface area contributed by atoms with Crippen molar-refractivity contribution in [2.45, 2.75) is 55.5 Å². The molecule has 0 aromatic rings. The SMILES string of the molecule is CN[C@H](C(=O)N[C@@H](C)C(=O)N1CCC[C@@H](C(=O)OCC(Cl)(Cl)Cl)N1)C(C)C. The second-order valence-corrected chi connectivity index (χ2v) is 9.29. The summed E-state index contributed by atoms with van der Waals surface area (Å²) in [6, 6.07) is -1.88. The summed E-state index contributed by atoms with van der Waals surface area (Å²) in [5, 5.41) is 6.94. The van der Waals surface area contributed by atoms with Gasteiger partial charge in [-0.1, -0.05) is 48.7 Å². The van der Waals surface area contributed by atoms with E-state index in [0.717, 1.165) is 0 Å². The van der Waals surface area contributed by atoms with E-state index in [4.69, 9.17) is 39.5 Å². The first-order valence-electron chi connectivity index (χ1n) is 8.74. The van der Waals surface area contributed by atoms with Crippen LogP contribution in [0.2, 0.25) is 0 Å². The molecule has 3 N–H and O–H groups in total. The zero-order valence-corrected chi connectivity index (χ0v) is 18.1. The van der Waals surface area contributed by atoms with Crippen LogP contribution in [0.15, 0.2) is 0 Å². The van der Waals surface area contributed by atoms with Crippen molar-refractivity contribution in [2.24, 2.45) is 5.92 Å². The molecule has 8 nitrogen and oxygen atoms in total. The first-order chi connectivity index (χ1) is 12.5. The van der Waals surface area contributed by atoms with Gasteiger partial charge in [0.2, 0.25) is 9.70 Å². The molecule has 0 saturated carbocycles. The quantitative estimate of drug-likeness (QED) is 0.401. The zero-order chi connectivity index (χ0) is 20.8. The maximum absolute atomic E-state index is 12.6. The lowest BCUT2D eigenvalue weighted by atomic mass is 10.0. The topological polar surface area (TPSA) is 99.8 Å². The summed E-state index contributed by atoms with van der Waals surface area (Å²) in [4.78, 5) is 37.0. The summed E-state index contributed by atoms with van der Waals surface area (Å²) in [7, 11) is 1.69. The number of hydrogen-bond acceptors (Lipinski definition) is 6. The van der Waals surface area contributed by atoms with Crippen molar-refractivity contribution in [1.82, 2.24) is 21.1 Å². The molecule has 2 amide bonds. The third kappa shape index (κ3) is 7.99. The van der Waals surface area contributed by atoms with E-state index in [9.17, 15) is 14.4 Å². The standard InChI is InChI=1S/C16H27Cl3N4O4/c1-9(2)12(20-4)13(24)21-10(3)14(25)23-7-5-6-11(22-23)15(26)27-8-16(17,18)19/h9-12,20,22H,5-8H2,1-4H3,(H,21,24)/t10-,11-,12-/m0/s1. The van der Waals surface area contributed by atoms with Gasteiger partial charge in [0.1, 0.15) is 18.7 Å². The molecule has 0 aliphatic carbocycles. The number of halogens is 3. The number of esters is 1. The Morgan fingerprint density at radius 3 is 2.41 bits per heavy atom. The van der Waals surface area contributed by atoms with Crippen molar-refractivity contribution < 1.29 is 19.1 Å². The fraction of sp³-hybridized carbons (Fsp3) is 0.812. The Labute approximate surface area is 174 Å². The smallest absolute Gasteiger partial charge is 0.325 e. The highest BCUT2D eigenvalue weighted by Gasteiger charge is 2.33. The molecular formula is C16H27Cl3N4O4. The minimum atomic E-state index is -1.70. The van der Waals surface area contributed by atoms with Crippen LogP contribution in [-0.4, -0.2) is 64.9 Å². The van der Waals surface area contributed by atoms with Crippen molar-refractivity contribution in [3.63, 3.8) is 0 Å². The number of carbonyl (C=O) groups is 3. The first-order valence-corrected chi connectivity index (χ1v) is 9.88. The van der Waals surface area contributed by atoms with Crippen molar-refractivity contribution >= 4 is 52.6 Å². The van der Waals surface area contributed by atoms with Crippen LogP contribution in [0.3, 0.4) is 0 Å². The maximum atomic E-state index is 12.6. The molecular weight excluding hydrogens is 419 g/mol. The number of nitrogens with one attached hydrogen (secondary N) is 3. The number of amides is 2. The van der Waals surface area contributed by atoms with Gasteiger partial charge in [-0.15, -0.1) is 0 Å². The molecule has 0 aromatic heterocycles. The van der Waals surface area contributed by atoms with E-state index >= 15 is 0 Å². The number of carbonyl (C=O) groups excluding carboxylic acids is 3. The molecule has 0 unspecified atom stereocenters. The van der Waals surface area contributed by atoms with E-state index in [1.165, 1.54) is 5.01 Å². The minimum absolute atomic E-state index is 0.0717. The molecule has 11 heteroatoms. The Kier molecular flexibility index (Phi) is 9.57. The summed E-state index contributed by atoms with van der Waals surface area (Å²) in [6.07, 6.45) is 1.08. The van der Waals surface area contributed by atoms with Crippen molar-refractivity contribution in [3.05, 3.63) is 0 Å². The molecule has 0 aromatic carbocycles. The average Bonchev–Trinajstić information content (AvgIpc) is 2.58. The molecule has 0 spiro atoms. The predicted molar refractivity (Wildman–Crippen MR) is 104 cm³/mol. The van der Waals surface area contributed by atoms with E-state index in [1.807, 2.05) is 13.8 Å². The van der Waals surface area contributed by atoms with Crippen molar-refractivity contribution in [1.29, 1.82) is 0 Å². The normalized spacial score (nSPS) is 20.1. The van der Waals surface area contributed by atoms with Gasteiger partial charge in [0.15, 0.2) is 0 Å². The molecule has 3 atom stereocenters. The third-order valence-electron chi connectivity index (χ3n) is 4.10. The van der Waals surface area contributed by atoms with E-state index in [1.54, 1.807) is 14.0 Å². The van der Waals surface area contributed by atoms with Gasteiger partial charge in [0.25, 0.3) is 5.91 Å². The minimum Gasteiger partial charge on any atom is -0.460 e. The molecule has 1 heterocycles. The van der Waals surface area contributed by atoms with Crippen LogP contribution >= 0.6 is 34.8 Å². The molecule has 1 aliphatic rings. The van der Waals surface area contributed by atoms with Gasteiger partial charge in [-0.3, -0.25) is 19.4 Å². The van der Waals surface area contributed by atoms with E-state index in [2.05, 4.69) is 16.1 Å². The lowest BCUT2D eigenvalue weighted by Crippen LogP contribution is -2.60. The van der Waals surface area contributed by atoms with Crippen LogP contribution in [-0.2, 0) is 19.1 Å². The van der Waals surface area contributed by atoms with Crippen LogP contribution in [0.25, 0.3) is 0 Å². The van der Waals surface area contributed by atoms with Gasteiger partial charge in [-0.2, -0.15) is 0 Å². The number of likely N-dealkylation sites (N-methyl/N-ethyl adjacent to an activating group) is 1. The number of nitrogens with zero attached hydrogens (tertiary/aromatic N) is 1. The Hall–Kier alpha value is -0.800. The summed E-state index contributed by atoms with van der Waals surface area (Å²) in [5.74, 6) is -1.14. The summed E-state index contributed by atoms with van der Waals surface area (Å²) in [5.41, 5.74) is 2.82. The number of alkyl halides is 3. The van der Waals surface area contributed by atoms with Gasteiger partial charge in [0.05, 0.1) is 6.04 Å². The Morgan fingerprint density at radius 2 is 1.89 bits per heavy atom. The number of ether oxygens (including phenoxy) is 1. The van der Waals surface area contributed by atoms with Gasteiger partial charge in [-0.25, -0.2) is 5.43 Å². The van der Waals surface area contributed by atoms with Gasteiger partial charge >= 0.3 is 5.97 Å². The highest BCUT2D eigenvalue weighted by Crippen LogP contribution is 2.26. The largest absolute Gasteiger partial charge is 0.460 e. The predicted octanol–water partition coefficient (Wildman–Crippen LogP) is 1.14. The Morgan fingerprint density at radius 1 is 1.26 bits per heavy atom. The first kappa shape index (κ1) is 24.2. The lowest BCUT2D eigenvalue weighted by molar-refractivity contribution is -0.152. The number of hydrazine groups is 1. The van der Waals surface area contributed by atoms with Gasteiger partial charge < -0.3 is 15.4 Å². The van der Waals surface area contributed by atoms with E-state index in [0.29, 0.717) is 19.4 Å². The fourth-order valence-corrected chi connectivity index (χ4v) is 2.90. The zero-order valence-electron chi connectivity index (χ0n) is 15.9. The molecule has 0 radical (unpaired) electrons. The lowest BCUT2D eigenvalue weighted by Gasteiger charge is -2.34. The molecule has 1 aliphatic heterocycles. The Balaban J connectivity index is 2.61. The molecule has 1 rings (SSSR count). The van der Waals surface area contributed by atoms with E-state index < -0.39 is 27.9 Å². The summed E-state index contributed by atoms with van der Waals surface area (Å²) in [6.45, 7) is 5.45. The Bertz CT molecular complexity index is 542. The van der Waals surface area contributed by atoms with Crippen LogP contribution < -0.4 is 16.1 Å². The fourth-order valence-electron chi connectivity index (χ4n) is 2.73. The average molecular weight is 446 g/mol. The molecule has 156 valence electrons.